The van der Waals surface area contributed by atoms with Crippen molar-refractivity contribution in [3.8, 4) is 0 Å². The molecule has 0 radical (unpaired) electrons. The van der Waals surface area contributed by atoms with Crippen molar-refractivity contribution in [3.05, 3.63) is 58.7 Å². The standard InChI is InChI=1S/C21H26O6S2/c1-14-3-7-20(28(22,23)24)18(9-14)12-16-5-6-17(11-16)13-19-10-15(2)4-8-21(19)29(25,26)27/h3-4,7-10,16-17H,5-6,11-13H2,1-2H3,(H,22,23,24)(H,25,26,27). The first-order valence-corrected chi connectivity index (χ1v) is 12.5. The summed E-state index contributed by atoms with van der Waals surface area (Å²) in [4.78, 5) is -0.0854. The van der Waals surface area contributed by atoms with Gasteiger partial charge >= 0.3 is 0 Å². The topological polar surface area (TPSA) is 109 Å². The molecular weight excluding hydrogens is 412 g/mol. The molecule has 0 bridgehead atoms. The summed E-state index contributed by atoms with van der Waals surface area (Å²) in [7, 11) is -8.55. The van der Waals surface area contributed by atoms with E-state index in [0.29, 0.717) is 24.0 Å². The van der Waals surface area contributed by atoms with Crippen LogP contribution in [-0.4, -0.2) is 25.9 Å². The van der Waals surface area contributed by atoms with Gasteiger partial charge in [-0.2, -0.15) is 16.8 Å². The Hall–Kier alpha value is -1.74. The summed E-state index contributed by atoms with van der Waals surface area (Å²) >= 11 is 0. The fraction of sp³-hybridized carbons (Fsp3) is 0.429. The molecule has 0 heterocycles. The normalized spacial score (nSPS) is 20.1. The lowest BCUT2D eigenvalue weighted by Gasteiger charge is -2.15. The molecule has 6 nitrogen and oxygen atoms in total. The van der Waals surface area contributed by atoms with E-state index in [1.54, 1.807) is 24.3 Å². The van der Waals surface area contributed by atoms with E-state index in [2.05, 4.69) is 0 Å². The summed E-state index contributed by atoms with van der Waals surface area (Å²) in [6.45, 7) is 3.76. The molecule has 2 N–H and O–H groups in total. The van der Waals surface area contributed by atoms with Crippen molar-refractivity contribution in [1.82, 2.24) is 0 Å². The molecule has 0 aromatic heterocycles. The lowest BCUT2D eigenvalue weighted by Crippen LogP contribution is -2.10. The van der Waals surface area contributed by atoms with Gasteiger partial charge < -0.3 is 0 Å². The van der Waals surface area contributed by atoms with Crippen LogP contribution < -0.4 is 0 Å². The third kappa shape index (κ3) is 5.45. The highest BCUT2D eigenvalue weighted by Crippen LogP contribution is 2.37. The predicted molar refractivity (Wildman–Crippen MR) is 110 cm³/mol. The molecule has 29 heavy (non-hydrogen) atoms. The molecule has 2 aromatic carbocycles. The minimum atomic E-state index is -4.28. The molecule has 1 fully saturated rings. The smallest absolute Gasteiger partial charge is 0.282 e. The second kappa shape index (κ2) is 8.18. The van der Waals surface area contributed by atoms with Crippen molar-refractivity contribution in [3.63, 3.8) is 0 Å². The minimum absolute atomic E-state index is 0.0427. The highest BCUT2D eigenvalue weighted by atomic mass is 32.2. The summed E-state index contributed by atoms with van der Waals surface area (Å²) in [5.74, 6) is 0.502. The number of rotatable bonds is 6. The third-order valence-electron chi connectivity index (χ3n) is 5.65. The summed E-state index contributed by atoms with van der Waals surface area (Å²) in [6.07, 6.45) is 3.73. The SMILES string of the molecule is Cc1ccc(S(=O)(=O)O)c(CC2CCC(Cc3cc(C)ccc3S(=O)(=O)O)C2)c1. The van der Waals surface area contributed by atoms with Crippen LogP contribution in [0.4, 0.5) is 0 Å². The first kappa shape index (κ1) is 22.0. The lowest BCUT2D eigenvalue weighted by molar-refractivity contribution is 0.469. The Morgan fingerprint density at radius 1 is 0.759 bits per heavy atom. The van der Waals surface area contributed by atoms with Gasteiger partial charge in [0, 0.05) is 0 Å². The van der Waals surface area contributed by atoms with Gasteiger partial charge in [-0.1, -0.05) is 35.4 Å². The van der Waals surface area contributed by atoms with Gasteiger partial charge in [-0.05, 0) is 81.0 Å². The molecule has 1 saturated carbocycles. The van der Waals surface area contributed by atoms with E-state index in [4.69, 9.17) is 0 Å². The van der Waals surface area contributed by atoms with Gasteiger partial charge in [0.25, 0.3) is 20.2 Å². The van der Waals surface area contributed by atoms with E-state index in [-0.39, 0.29) is 21.6 Å². The Balaban J connectivity index is 1.76. The molecule has 0 spiro atoms. The number of hydrogen-bond donors (Lipinski definition) is 2. The summed E-state index contributed by atoms with van der Waals surface area (Å²) < 4.78 is 65.7. The minimum Gasteiger partial charge on any atom is -0.282 e. The maximum absolute atomic E-state index is 11.7. The van der Waals surface area contributed by atoms with E-state index in [9.17, 15) is 25.9 Å². The Kier molecular flexibility index (Phi) is 6.19. The zero-order chi connectivity index (χ0) is 21.4. The van der Waals surface area contributed by atoms with Crippen molar-refractivity contribution in [2.45, 2.75) is 55.7 Å². The monoisotopic (exact) mass is 438 g/mol. The van der Waals surface area contributed by atoms with Crippen LogP contribution in [0, 0.1) is 25.7 Å². The Morgan fingerprint density at radius 3 is 1.48 bits per heavy atom. The first-order valence-electron chi connectivity index (χ1n) is 9.57. The van der Waals surface area contributed by atoms with E-state index in [0.717, 1.165) is 30.4 Å². The Labute approximate surface area is 172 Å². The Bertz CT molecular complexity index is 1030. The molecule has 2 unspecified atom stereocenters. The van der Waals surface area contributed by atoms with Gasteiger partial charge in [0.15, 0.2) is 0 Å². The van der Waals surface area contributed by atoms with E-state index >= 15 is 0 Å². The molecular formula is C21H26O6S2. The zero-order valence-electron chi connectivity index (χ0n) is 16.5. The van der Waals surface area contributed by atoms with Crippen LogP contribution in [0.25, 0.3) is 0 Å². The average Bonchev–Trinajstić information content (AvgIpc) is 2.99. The van der Waals surface area contributed by atoms with Crippen LogP contribution in [0.2, 0.25) is 0 Å². The van der Waals surface area contributed by atoms with E-state index < -0.39 is 20.2 Å². The number of hydrogen-bond acceptors (Lipinski definition) is 4. The van der Waals surface area contributed by atoms with Crippen LogP contribution in [0.15, 0.2) is 46.2 Å². The van der Waals surface area contributed by atoms with Crippen LogP contribution in [0.1, 0.15) is 41.5 Å². The molecule has 0 saturated heterocycles. The van der Waals surface area contributed by atoms with Crippen LogP contribution >= 0.6 is 0 Å². The van der Waals surface area contributed by atoms with Crippen molar-refractivity contribution < 1.29 is 25.9 Å². The van der Waals surface area contributed by atoms with E-state index in [1.807, 2.05) is 13.8 Å². The fourth-order valence-electron chi connectivity index (χ4n) is 4.41. The fourth-order valence-corrected chi connectivity index (χ4v) is 5.84. The first-order chi connectivity index (χ1) is 13.4. The molecule has 8 heteroatoms. The van der Waals surface area contributed by atoms with Gasteiger partial charge in [0.1, 0.15) is 0 Å². The highest BCUT2D eigenvalue weighted by molar-refractivity contribution is 7.86. The molecule has 2 atom stereocenters. The van der Waals surface area contributed by atoms with Gasteiger partial charge in [0.2, 0.25) is 0 Å². The van der Waals surface area contributed by atoms with Crippen molar-refractivity contribution in [2.24, 2.45) is 11.8 Å². The van der Waals surface area contributed by atoms with Gasteiger partial charge in [-0.3, -0.25) is 9.11 Å². The van der Waals surface area contributed by atoms with Gasteiger partial charge in [0.05, 0.1) is 9.79 Å². The maximum Gasteiger partial charge on any atom is 0.294 e. The second-order valence-corrected chi connectivity index (χ2v) is 10.9. The predicted octanol–water partition coefficient (Wildman–Crippen LogP) is 4.00. The molecule has 3 rings (SSSR count). The van der Waals surface area contributed by atoms with Crippen LogP contribution in [0.3, 0.4) is 0 Å². The molecule has 158 valence electrons. The number of aryl methyl sites for hydroxylation is 2. The molecule has 0 amide bonds. The van der Waals surface area contributed by atoms with Crippen molar-refractivity contribution in [2.75, 3.05) is 0 Å². The van der Waals surface area contributed by atoms with Crippen LogP contribution in [-0.2, 0) is 33.1 Å². The van der Waals surface area contributed by atoms with Crippen LogP contribution in [0.5, 0.6) is 0 Å². The second-order valence-electron chi connectivity index (χ2n) is 8.13. The molecule has 1 aliphatic rings. The van der Waals surface area contributed by atoms with Crippen molar-refractivity contribution >= 4 is 20.2 Å². The summed E-state index contributed by atoms with van der Waals surface area (Å²) in [5.41, 5.74) is 3.10. The van der Waals surface area contributed by atoms with Gasteiger partial charge in [-0.15, -0.1) is 0 Å². The van der Waals surface area contributed by atoms with Crippen molar-refractivity contribution in [1.29, 1.82) is 0 Å². The molecule has 1 aliphatic carbocycles. The van der Waals surface area contributed by atoms with E-state index in [1.165, 1.54) is 12.1 Å². The zero-order valence-corrected chi connectivity index (χ0v) is 18.1. The Morgan fingerprint density at radius 2 is 1.14 bits per heavy atom. The molecule has 2 aromatic rings. The van der Waals surface area contributed by atoms with Gasteiger partial charge in [-0.25, -0.2) is 0 Å². The average molecular weight is 439 g/mol. The third-order valence-corrected chi connectivity index (χ3v) is 7.56. The molecule has 0 aliphatic heterocycles. The lowest BCUT2D eigenvalue weighted by atomic mass is 9.93. The largest absolute Gasteiger partial charge is 0.294 e. The summed E-state index contributed by atoms with van der Waals surface area (Å²) in [5, 5.41) is 0. The quantitative estimate of drug-likeness (QED) is 0.660. The highest BCUT2D eigenvalue weighted by Gasteiger charge is 2.28. The number of benzene rings is 2. The summed E-state index contributed by atoms with van der Waals surface area (Å²) in [6, 6.07) is 9.81. The maximum atomic E-state index is 11.7.